The zero-order chi connectivity index (χ0) is 10.6. The van der Waals surface area contributed by atoms with Gasteiger partial charge in [-0.2, -0.15) is 0 Å². The fraction of sp³-hybridized carbons (Fsp3) is 0.100. The maximum absolute atomic E-state index is 12.7. The van der Waals surface area contributed by atoms with E-state index in [2.05, 4.69) is 11.9 Å². The predicted molar refractivity (Wildman–Crippen MR) is 51.7 cm³/mol. The molecule has 0 bridgehead atoms. The lowest BCUT2D eigenvalue weighted by Gasteiger charge is -2.05. The highest BCUT2D eigenvalue weighted by atomic mass is 19.1. The average Bonchev–Trinajstić information content (AvgIpc) is 2.14. The number of carbonyl (C=O) groups is 1. The Hall–Kier alpha value is -1.84. The van der Waals surface area contributed by atoms with Gasteiger partial charge in [0, 0.05) is 17.8 Å². The topological polar surface area (TPSA) is 49.3 Å². The Kier molecular flexibility index (Phi) is 3.23. The number of carboxylic acids is 1. The number of halogens is 1. The van der Waals surface area contributed by atoms with E-state index in [-0.39, 0.29) is 17.9 Å². The van der Waals surface area contributed by atoms with Gasteiger partial charge in [-0.1, -0.05) is 12.6 Å². The van der Waals surface area contributed by atoms with Crippen LogP contribution in [0.5, 0.6) is 0 Å². The standard InChI is InChI=1S/C10H10FNO2/c1-7(10(13)14)6-12-9-4-2-3-8(11)5-9/h2-5,12H,1,6H2,(H,13,14). The number of hydrogen-bond donors (Lipinski definition) is 2. The van der Waals surface area contributed by atoms with E-state index < -0.39 is 5.97 Å². The molecule has 0 aliphatic carbocycles. The van der Waals surface area contributed by atoms with Gasteiger partial charge in [-0.25, -0.2) is 9.18 Å². The molecule has 1 aromatic carbocycles. The molecular formula is C10H10FNO2. The van der Waals surface area contributed by atoms with E-state index >= 15 is 0 Å². The second kappa shape index (κ2) is 4.41. The van der Waals surface area contributed by atoms with Crippen LogP contribution < -0.4 is 5.32 Å². The fourth-order valence-electron chi connectivity index (χ4n) is 0.883. The minimum Gasteiger partial charge on any atom is -0.478 e. The quantitative estimate of drug-likeness (QED) is 0.721. The molecule has 0 spiro atoms. The molecule has 2 N–H and O–H groups in total. The normalized spacial score (nSPS) is 9.50. The summed E-state index contributed by atoms with van der Waals surface area (Å²) in [6.07, 6.45) is 0. The van der Waals surface area contributed by atoms with E-state index in [0.717, 1.165) is 0 Å². The maximum atomic E-state index is 12.7. The summed E-state index contributed by atoms with van der Waals surface area (Å²) in [4.78, 5) is 10.4. The van der Waals surface area contributed by atoms with E-state index in [0.29, 0.717) is 5.69 Å². The van der Waals surface area contributed by atoms with Crippen LogP contribution in [0.3, 0.4) is 0 Å². The third-order valence-electron chi connectivity index (χ3n) is 1.63. The monoisotopic (exact) mass is 195 g/mol. The van der Waals surface area contributed by atoms with Gasteiger partial charge in [-0.3, -0.25) is 0 Å². The van der Waals surface area contributed by atoms with Gasteiger partial charge in [0.25, 0.3) is 0 Å². The molecule has 0 aliphatic heterocycles. The summed E-state index contributed by atoms with van der Waals surface area (Å²) in [5, 5.41) is 11.2. The lowest BCUT2D eigenvalue weighted by Crippen LogP contribution is -2.11. The molecule has 1 rings (SSSR count). The average molecular weight is 195 g/mol. The number of benzene rings is 1. The third kappa shape index (κ3) is 2.90. The van der Waals surface area contributed by atoms with Gasteiger partial charge in [0.15, 0.2) is 0 Å². The van der Waals surface area contributed by atoms with Crippen molar-refractivity contribution in [2.75, 3.05) is 11.9 Å². The Labute approximate surface area is 80.9 Å². The highest BCUT2D eigenvalue weighted by Gasteiger charge is 2.02. The molecule has 1 aromatic rings. The Bertz CT molecular complexity index is 363. The van der Waals surface area contributed by atoms with E-state index in [1.807, 2.05) is 0 Å². The van der Waals surface area contributed by atoms with Crippen LogP contribution in [-0.4, -0.2) is 17.6 Å². The minimum absolute atomic E-state index is 0.0364. The Morgan fingerprint density at radius 3 is 2.86 bits per heavy atom. The molecule has 0 heterocycles. The van der Waals surface area contributed by atoms with Crippen LogP contribution in [0.1, 0.15) is 0 Å². The summed E-state index contributed by atoms with van der Waals surface area (Å²) < 4.78 is 12.7. The highest BCUT2D eigenvalue weighted by molar-refractivity contribution is 5.86. The van der Waals surface area contributed by atoms with Crippen molar-refractivity contribution in [3.63, 3.8) is 0 Å². The van der Waals surface area contributed by atoms with E-state index in [1.54, 1.807) is 12.1 Å². The van der Waals surface area contributed by atoms with Crippen molar-refractivity contribution < 1.29 is 14.3 Å². The molecule has 0 atom stereocenters. The number of nitrogens with one attached hydrogen (secondary N) is 1. The van der Waals surface area contributed by atoms with Crippen LogP contribution in [0, 0.1) is 5.82 Å². The van der Waals surface area contributed by atoms with Crippen LogP contribution in [0.2, 0.25) is 0 Å². The summed E-state index contributed by atoms with van der Waals surface area (Å²) >= 11 is 0. The van der Waals surface area contributed by atoms with Gasteiger partial charge in [-0.05, 0) is 18.2 Å². The third-order valence-corrected chi connectivity index (χ3v) is 1.63. The zero-order valence-corrected chi connectivity index (χ0v) is 7.46. The first-order valence-electron chi connectivity index (χ1n) is 4.00. The maximum Gasteiger partial charge on any atom is 0.332 e. The van der Waals surface area contributed by atoms with Crippen LogP contribution in [0.4, 0.5) is 10.1 Å². The smallest absolute Gasteiger partial charge is 0.332 e. The van der Waals surface area contributed by atoms with Gasteiger partial charge in [-0.15, -0.1) is 0 Å². The minimum atomic E-state index is -1.06. The second-order valence-corrected chi connectivity index (χ2v) is 2.77. The SMILES string of the molecule is C=C(CNc1cccc(F)c1)C(=O)O. The lowest BCUT2D eigenvalue weighted by atomic mass is 10.2. The van der Waals surface area contributed by atoms with Crippen molar-refractivity contribution in [3.05, 3.63) is 42.2 Å². The van der Waals surface area contributed by atoms with E-state index in [1.165, 1.54) is 12.1 Å². The van der Waals surface area contributed by atoms with Gasteiger partial charge < -0.3 is 10.4 Å². The van der Waals surface area contributed by atoms with Gasteiger partial charge >= 0.3 is 5.97 Å². The summed E-state index contributed by atoms with van der Waals surface area (Å²) in [5.41, 5.74) is 0.571. The molecule has 0 amide bonds. The van der Waals surface area contributed by atoms with Crippen molar-refractivity contribution in [2.24, 2.45) is 0 Å². The Morgan fingerprint density at radius 1 is 1.57 bits per heavy atom. The first-order chi connectivity index (χ1) is 6.59. The van der Waals surface area contributed by atoms with Crippen molar-refractivity contribution >= 4 is 11.7 Å². The molecular weight excluding hydrogens is 185 g/mol. The molecule has 0 saturated heterocycles. The summed E-state index contributed by atoms with van der Waals surface area (Å²) in [5.74, 6) is -1.43. The number of rotatable bonds is 4. The van der Waals surface area contributed by atoms with Crippen molar-refractivity contribution in [1.82, 2.24) is 0 Å². The lowest BCUT2D eigenvalue weighted by molar-refractivity contribution is -0.132. The largest absolute Gasteiger partial charge is 0.478 e. The first kappa shape index (κ1) is 10.2. The molecule has 0 unspecified atom stereocenters. The van der Waals surface area contributed by atoms with Gasteiger partial charge in [0.1, 0.15) is 5.82 Å². The summed E-state index contributed by atoms with van der Waals surface area (Å²) in [7, 11) is 0. The van der Waals surface area contributed by atoms with E-state index in [4.69, 9.17) is 5.11 Å². The van der Waals surface area contributed by atoms with Gasteiger partial charge in [0.05, 0.1) is 0 Å². The predicted octanol–water partition coefficient (Wildman–Crippen LogP) is 1.88. The van der Waals surface area contributed by atoms with Gasteiger partial charge in [0.2, 0.25) is 0 Å². The number of carboxylic acid groups (broad SMARTS) is 1. The molecule has 3 nitrogen and oxygen atoms in total. The molecule has 0 aliphatic rings. The van der Waals surface area contributed by atoms with Crippen molar-refractivity contribution in [3.8, 4) is 0 Å². The molecule has 0 aromatic heterocycles. The summed E-state index contributed by atoms with van der Waals surface area (Å²) in [6, 6.07) is 5.80. The van der Waals surface area contributed by atoms with Crippen LogP contribution in [-0.2, 0) is 4.79 Å². The molecule has 14 heavy (non-hydrogen) atoms. The van der Waals surface area contributed by atoms with Crippen molar-refractivity contribution in [1.29, 1.82) is 0 Å². The molecule has 0 radical (unpaired) electrons. The molecule has 74 valence electrons. The number of aliphatic carboxylic acids is 1. The Balaban J connectivity index is 2.54. The molecule has 0 fully saturated rings. The number of anilines is 1. The molecule has 0 saturated carbocycles. The number of hydrogen-bond acceptors (Lipinski definition) is 2. The fourth-order valence-corrected chi connectivity index (χ4v) is 0.883. The van der Waals surface area contributed by atoms with E-state index in [9.17, 15) is 9.18 Å². The Morgan fingerprint density at radius 2 is 2.29 bits per heavy atom. The molecule has 4 heteroatoms. The zero-order valence-electron chi connectivity index (χ0n) is 7.46. The van der Waals surface area contributed by atoms with Crippen molar-refractivity contribution in [2.45, 2.75) is 0 Å². The summed E-state index contributed by atoms with van der Waals surface area (Å²) in [6.45, 7) is 3.43. The highest BCUT2D eigenvalue weighted by Crippen LogP contribution is 2.09. The van der Waals surface area contributed by atoms with Crippen LogP contribution in [0.15, 0.2) is 36.4 Å². The van der Waals surface area contributed by atoms with Crippen LogP contribution >= 0.6 is 0 Å². The van der Waals surface area contributed by atoms with Crippen LogP contribution in [0.25, 0.3) is 0 Å². The first-order valence-corrected chi connectivity index (χ1v) is 4.00. The second-order valence-electron chi connectivity index (χ2n) is 2.77.